The summed E-state index contributed by atoms with van der Waals surface area (Å²) in [6, 6.07) is 17.6. The van der Waals surface area contributed by atoms with Crippen LogP contribution in [0.3, 0.4) is 0 Å². The van der Waals surface area contributed by atoms with Crippen molar-refractivity contribution in [3.05, 3.63) is 71.9 Å². The summed E-state index contributed by atoms with van der Waals surface area (Å²) in [5.74, 6) is 0.841. The minimum atomic E-state index is -0.0731. The van der Waals surface area contributed by atoms with E-state index >= 15 is 0 Å². The maximum Gasteiger partial charge on any atom is 0.254 e. The van der Waals surface area contributed by atoms with E-state index in [9.17, 15) is 9.59 Å². The molecule has 6 heteroatoms. The second kappa shape index (κ2) is 10.9. The van der Waals surface area contributed by atoms with E-state index in [2.05, 4.69) is 22.1 Å². The highest BCUT2D eigenvalue weighted by molar-refractivity contribution is 6.07. The first-order valence-electron chi connectivity index (χ1n) is 11.9. The number of aromatic nitrogens is 1. The third-order valence-corrected chi connectivity index (χ3v) is 6.24. The van der Waals surface area contributed by atoms with Crippen LogP contribution in [0.2, 0.25) is 0 Å². The second-order valence-electron chi connectivity index (χ2n) is 8.53. The zero-order valence-electron chi connectivity index (χ0n) is 19.3. The van der Waals surface area contributed by atoms with Crippen LogP contribution in [0.5, 0.6) is 0 Å². The Morgan fingerprint density at radius 2 is 1.70 bits per heavy atom. The van der Waals surface area contributed by atoms with Crippen LogP contribution >= 0.6 is 0 Å². The molecule has 1 fully saturated rings. The molecule has 0 radical (unpaired) electrons. The van der Waals surface area contributed by atoms with Gasteiger partial charge in [-0.05, 0) is 35.4 Å². The number of carbonyl (C=O) groups is 2. The average Bonchev–Trinajstić information content (AvgIpc) is 2.88. The summed E-state index contributed by atoms with van der Waals surface area (Å²) in [4.78, 5) is 34.1. The molecule has 0 saturated carbocycles. The van der Waals surface area contributed by atoms with E-state index in [1.807, 2.05) is 59.5 Å². The SMILES string of the molecule is CCCCCCNC(=O)c1ccc(N2CCN(C(=O)c3cccc4ccccc34)CC2)nc1. The maximum absolute atomic E-state index is 13.2. The van der Waals surface area contributed by atoms with E-state index in [1.54, 1.807) is 6.20 Å². The summed E-state index contributed by atoms with van der Waals surface area (Å²) in [6.07, 6.45) is 6.18. The minimum absolute atomic E-state index is 0.0731. The lowest BCUT2D eigenvalue weighted by Gasteiger charge is -2.35. The minimum Gasteiger partial charge on any atom is -0.353 e. The third kappa shape index (κ3) is 5.51. The molecule has 0 aliphatic carbocycles. The summed E-state index contributed by atoms with van der Waals surface area (Å²) < 4.78 is 0. The maximum atomic E-state index is 13.2. The molecule has 0 atom stereocenters. The molecule has 1 saturated heterocycles. The van der Waals surface area contributed by atoms with Crippen LogP contribution in [0.15, 0.2) is 60.8 Å². The molecule has 2 aromatic carbocycles. The fraction of sp³-hybridized carbons (Fsp3) is 0.370. The Morgan fingerprint density at radius 3 is 2.45 bits per heavy atom. The first-order valence-corrected chi connectivity index (χ1v) is 11.9. The van der Waals surface area contributed by atoms with E-state index in [1.165, 1.54) is 12.8 Å². The van der Waals surface area contributed by atoms with Crippen LogP contribution in [0, 0.1) is 0 Å². The molecule has 4 rings (SSSR count). The van der Waals surface area contributed by atoms with Crippen molar-refractivity contribution in [2.24, 2.45) is 0 Å². The summed E-state index contributed by atoms with van der Waals surface area (Å²) >= 11 is 0. The zero-order chi connectivity index (χ0) is 23.0. The van der Waals surface area contributed by atoms with Gasteiger partial charge in [-0.3, -0.25) is 9.59 Å². The summed E-state index contributed by atoms with van der Waals surface area (Å²) in [6.45, 7) is 5.59. The van der Waals surface area contributed by atoms with Crippen LogP contribution in [0.4, 0.5) is 5.82 Å². The summed E-state index contributed by atoms with van der Waals surface area (Å²) in [5.41, 5.74) is 1.34. The number of hydrogen-bond acceptors (Lipinski definition) is 4. The van der Waals surface area contributed by atoms with Gasteiger partial charge in [-0.25, -0.2) is 4.98 Å². The predicted octanol–water partition coefficient (Wildman–Crippen LogP) is 4.51. The fourth-order valence-electron chi connectivity index (χ4n) is 4.28. The molecule has 0 unspecified atom stereocenters. The Hall–Kier alpha value is -3.41. The third-order valence-electron chi connectivity index (χ3n) is 6.24. The van der Waals surface area contributed by atoms with Gasteiger partial charge in [0, 0.05) is 44.5 Å². The molecule has 6 nitrogen and oxygen atoms in total. The summed E-state index contributed by atoms with van der Waals surface area (Å²) in [5, 5.41) is 5.04. The number of fused-ring (bicyclic) bond motifs is 1. The molecule has 1 aromatic heterocycles. The molecular formula is C27H32N4O2. The average molecular weight is 445 g/mol. The molecule has 0 bridgehead atoms. The molecule has 3 aromatic rings. The number of piperazine rings is 1. The van der Waals surface area contributed by atoms with Crippen LogP contribution in [-0.2, 0) is 0 Å². The van der Waals surface area contributed by atoms with Gasteiger partial charge in [0.2, 0.25) is 0 Å². The topological polar surface area (TPSA) is 65.5 Å². The fourth-order valence-corrected chi connectivity index (χ4v) is 4.28. The monoisotopic (exact) mass is 444 g/mol. The lowest BCUT2D eigenvalue weighted by atomic mass is 10.0. The lowest BCUT2D eigenvalue weighted by Crippen LogP contribution is -2.49. The number of anilines is 1. The Labute approximate surface area is 195 Å². The highest BCUT2D eigenvalue weighted by Gasteiger charge is 2.24. The molecule has 0 spiro atoms. The van der Waals surface area contributed by atoms with Crippen molar-refractivity contribution >= 4 is 28.4 Å². The van der Waals surface area contributed by atoms with Crippen LogP contribution in [-0.4, -0.2) is 54.4 Å². The predicted molar refractivity (Wildman–Crippen MR) is 133 cm³/mol. The number of pyridine rings is 1. The van der Waals surface area contributed by atoms with Crippen molar-refractivity contribution in [3.8, 4) is 0 Å². The van der Waals surface area contributed by atoms with Gasteiger partial charge in [-0.1, -0.05) is 62.6 Å². The smallest absolute Gasteiger partial charge is 0.254 e. The van der Waals surface area contributed by atoms with Crippen molar-refractivity contribution in [1.29, 1.82) is 0 Å². The number of hydrogen-bond donors (Lipinski definition) is 1. The molecule has 1 N–H and O–H groups in total. The number of nitrogens with one attached hydrogen (secondary N) is 1. The Balaban J connectivity index is 1.31. The largest absolute Gasteiger partial charge is 0.353 e. The number of rotatable bonds is 8. The zero-order valence-corrected chi connectivity index (χ0v) is 19.3. The van der Waals surface area contributed by atoms with Crippen molar-refractivity contribution in [2.75, 3.05) is 37.6 Å². The van der Waals surface area contributed by atoms with E-state index in [0.717, 1.165) is 35.0 Å². The van der Waals surface area contributed by atoms with Crippen molar-refractivity contribution in [3.63, 3.8) is 0 Å². The number of carbonyl (C=O) groups excluding carboxylic acids is 2. The van der Waals surface area contributed by atoms with E-state index in [4.69, 9.17) is 0 Å². The standard InChI is InChI=1S/C27H32N4O2/c1-2-3-4-7-15-28-26(32)22-13-14-25(29-20-22)30-16-18-31(19-17-30)27(33)24-12-8-10-21-9-5-6-11-23(21)24/h5-6,8-14,20H,2-4,7,15-19H2,1H3,(H,28,32). The first kappa shape index (κ1) is 22.8. The normalized spacial score (nSPS) is 13.8. The van der Waals surface area contributed by atoms with Crippen LogP contribution in [0.25, 0.3) is 10.8 Å². The highest BCUT2D eigenvalue weighted by atomic mass is 16.2. The van der Waals surface area contributed by atoms with Gasteiger partial charge in [0.1, 0.15) is 5.82 Å². The number of unbranched alkanes of at least 4 members (excludes halogenated alkanes) is 3. The van der Waals surface area contributed by atoms with Crippen LogP contribution in [0.1, 0.15) is 53.3 Å². The Kier molecular flexibility index (Phi) is 7.55. The number of nitrogens with zero attached hydrogens (tertiary/aromatic N) is 3. The van der Waals surface area contributed by atoms with Crippen LogP contribution < -0.4 is 10.2 Å². The molecule has 172 valence electrons. The van der Waals surface area contributed by atoms with Gasteiger partial charge in [-0.15, -0.1) is 0 Å². The van der Waals surface area contributed by atoms with Crippen molar-refractivity contribution < 1.29 is 9.59 Å². The number of benzene rings is 2. The van der Waals surface area contributed by atoms with Gasteiger partial charge in [0.25, 0.3) is 11.8 Å². The van der Waals surface area contributed by atoms with E-state index in [-0.39, 0.29) is 11.8 Å². The molecule has 33 heavy (non-hydrogen) atoms. The van der Waals surface area contributed by atoms with E-state index in [0.29, 0.717) is 38.3 Å². The van der Waals surface area contributed by atoms with Crippen molar-refractivity contribution in [1.82, 2.24) is 15.2 Å². The van der Waals surface area contributed by atoms with Gasteiger partial charge in [0.05, 0.1) is 5.56 Å². The number of amides is 2. The Morgan fingerprint density at radius 1 is 0.909 bits per heavy atom. The Bertz CT molecular complexity index is 1080. The molecule has 1 aliphatic heterocycles. The first-order chi connectivity index (χ1) is 16.2. The summed E-state index contributed by atoms with van der Waals surface area (Å²) in [7, 11) is 0. The molecule has 2 amide bonds. The quantitative estimate of drug-likeness (QED) is 0.519. The second-order valence-corrected chi connectivity index (χ2v) is 8.53. The van der Waals surface area contributed by atoms with E-state index < -0.39 is 0 Å². The van der Waals surface area contributed by atoms with Gasteiger partial charge in [-0.2, -0.15) is 0 Å². The molecular weight excluding hydrogens is 412 g/mol. The van der Waals surface area contributed by atoms with Crippen molar-refractivity contribution in [2.45, 2.75) is 32.6 Å². The van der Waals surface area contributed by atoms with Gasteiger partial charge >= 0.3 is 0 Å². The molecule has 1 aliphatic rings. The molecule has 2 heterocycles. The van der Waals surface area contributed by atoms with Gasteiger partial charge < -0.3 is 15.1 Å². The van der Waals surface area contributed by atoms with Gasteiger partial charge in [0.15, 0.2) is 0 Å². The lowest BCUT2D eigenvalue weighted by molar-refractivity contribution is 0.0748. The highest BCUT2D eigenvalue weighted by Crippen LogP contribution is 2.21.